The van der Waals surface area contributed by atoms with Crippen molar-refractivity contribution in [1.29, 1.82) is 0 Å². The van der Waals surface area contributed by atoms with Crippen LogP contribution in [0.1, 0.15) is 38.8 Å². The van der Waals surface area contributed by atoms with Gasteiger partial charge in [-0.2, -0.15) is 0 Å². The van der Waals surface area contributed by atoms with Crippen molar-refractivity contribution in [2.45, 2.75) is 40.9 Å². The smallest absolute Gasteiger partial charge is 0.260 e. The molecule has 0 saturated carbocycles. The summed E-state index contributed by atoms with van der Waals surface area (Å²) in [6.45, 7) is 10.2. The number of nitrogens with zero attached hydrogens (tertiary/aromatic N) is 2. The molecule has 0 saturated heterocycles. The van der Waals surface area contributed by atoms with Crippen molar-refractivity contribution < 1.29 is 28.5 Å². The van der Waals surface area contributed by atoms with Crippen LogP contribution in [0.4, 0.5) is 0 Å². The normalized spacial score (nSPS) is 11.0. The maximum atomic E-state index is 13.5. The standard InChI is InChI=1S/C46H48N2O6/c1-5-47(6-2)41(49)31-53-45-39(51-29-33-19-11-9-12-20-33)27-35-23-15-17-25-37(35)43(45)44-38-26-18-16-24-36(38)28-40(52-30-34-21-13-10-14-22-34)46(44)54-32-42(50)48(7-3)8-4/h9-28H,5-8,29-32H2,1-4H3. The summed E-state index contributed by atoms with van der Waals surface area (Å²) in [6.07, 6.45) is 0. The minimum atomic E-state index is -0.201. The minimum Gasteiger partial charge on any atom is -0.485 e. The molecule has 0 heterocycles. The molecule has 0 aliphatic carbocycles. The summed E-state index contributed by atoms with van der Waals surface area (Å²) in [7, 11) is 0. The van der Waals surface area contributed by atoms with Gasteiger partial charge in [-0.25, -0.2) is 0 Å². The molecule has 0 unspecified atom stereocenters. The first-order valence-electron chi connectivity index (χ1n) is 18.7. The van der Waals surface area contributed by atoms with E-state index in [2.05, 4.69) is 0 Å². The van der Waals surface area contributed by atoms with Crippen molar-refractivity contribution >= 4 is 33.4 Å². The Morgan fingerprint density at radius 3 is 1.19 bits per heavy atom. The van der Waals surface area contributed by atoms with Gasteiger partial charge in [0.25, 0.3) is 11.8 Å². The van der Waals surface area contributed by atoms with Crippen molar-refractivity contribution in [3.63, 3.8) is 0 Å². The minimum absolute atomic E-state index is 0.140. The van der Waals surface area contributed by atoms with Crippen LogP contribution in [0.15, 0.2) is 121 Å². The van der Waals surface area contributed by atoms with Crippen molar-refractivity contribution in [3.8, 4) is 34.1 Å². The van der Waals surface area contributed by atoms with E-state index < -0.39 is 0 Å². The van der Waals surface area contributed by atoms with Gasteiger partial charge < -0.3 is 28.7 Å². The molecule has 6 aromatic rings. The first-order chi connectivity index (χ1) is 26.4. The SMILES string of the molecule is CCN(CC)C(=O)COc1c(OCc2ccccc2)cc2ccccc2c1-c1c(OCC(=O)N(CC)CC)c(OCc2ccccc2)cc2ccccc12. The first-order valence-corrected chi connectivity index (χ1v) is 18.7. The number of amides is 2. The zero-order chi connectivity index (χ0) is 37.9. The summed E-state index contributed by atoms with van der Waals surface area (Å²) in [5, 5.41) is 3.53. The Hall–Kier alpha value is -6.02. The van der Waals surface area contributed by atoms with E-state index >= 15 is 0 Å². The maximum absolute atomic E-state index is 13.5. The first kappa shape index (κ1) is 37.7. The highest BCUT2D eigenvalue weighted by molar-refractivity contribution is 6.12. The molecule has 0 N–H and O–H groups in total. The van der Waals surface area contributed by atoms with E-state index in [9.17, 15) is 9.59 Å². The van der Waals surface area contributed by atoms with Gasteiger partial charge in [-0.1, -0.05) is 109 Å². The lowest BCUT2D eigenvalue weighted by Crippen LogP contribution is -2.34. The Bertz CT molecular complexity index is 2020. The molecule has 2 amide bonds. The molecule has 0 bridgehead atoms. The van der Waals surface area contributed by atoms with E-state index in [0.717, 1.165) is 32.7 Å². The fourth-order valence-electron chi connectivity index (χ4n) is 6.68. The molecule has 8 nitrogen and oxygen atoms in total. The highest BCUT2D eigenvalue weighted by Crippen LogP contribution is 2.52. The Morgan fingerprint density at radius 2 is 0.815 bits per heavy atom. The highest BCUT2D eigenvalue weighted by atomic mass is 16.5. The molecular formula is C46H48N2O6. The van der Waals surface area contributed by atoms with Crippen LogP contribution in [0.5, 0.6) is 23.0 Å². The Kier molecular flexibility index (Phi) is 12.7. The second-order valence-corrected chi connectivity index (χ2v) is 12.9. The zero-order valence-electron chi connectivity index (χ0n) is 31.5. The number of rotatable bonds is 17. The van der Waals surface area contributed by atoms with Gasteiger partial charge in [-0.05, 0) is 72.5 Å². The van der Waals surface area contributed by atoms with E-state index in [1.54, 1.807) is 9.80 Å². The predicted octanol–water partition coefficient (Wildman–Crippen LogP) is 9.31. The van der Waals surface area contributed by atoms with Gasteiger partial charge in [0, 0.05) is 37.3 Å². The van der Waals surface area contributed by atoms with Crippen molar-refractivity contribution in [2.24, 2.45) is 0 Å². The summed E-state index contributed by atoms with van der Waals surface area (Å²) < 4.78 is 26.5. The second-order valence-electron chi connectivity index (χ2n) is 12.9. The average molecular weight is 725 g/mol. The molecule has 8 heteroatoms. The molecule has 0 aliphatic heterocycles. The average Bonchev–Trinajstić information content (AvgIpc) is 3.21. The van der Waals surface area contributed by atoms with Crippen LogP contribution in [0.25, 0.3) is 32.7 Å². The van der Waals surface area contributed by atoms with Crippen LogP contribution in [-0.4, -0.2) is 61.0 Å². The van der Waals surface area contributed by atoms with E-state index in [4.69, 9.17) is 18.9 Å². The van der Waals surface area contributed by atoms with Crippen molar-refractivity contribution in [2.75, 3.05) is 39.4 Å². The third-order valence-electron chi connectivity index (χ3n) is 9.57. The Labute approximate surface area is 317 Å². The molecule has 54 heavy (non-hydrogen) atoms. The Balaban J connectivity index is 1.61. The van der Waals surface area contributed by atoms with Gasteiger partial charge >= 0.3 is 0 Å². The molecule has 0 aliphatic rings. The molecule has 0 atom stereocenters. The van der Waals surface area contributed by atoms with Crippen molar-refractivity contribution in [1.82, 2.24) is 9.80 Å². The molecule has 0 radical (unpaired) electrons. The van der Waals surface area contributed by atoms with Gasteiger partial charge in [-0.3, -0.25) is 9.59 Å². The maximum Gasteiger partial charge on any atom is 0.260 e. The van der Waals surface area contributed by atoms with E-state index in [1.165, 1.54) is 0 Å². The van der Waals surface area contributed by atoms with Gasteiger partial charge in [0.1, 0.15) is 13.2 Å². The van der Waals surface area contributed by atoms with Gasteiger partial charge in [0.15, 0.2) is 36.2 Å². The number of fused-ring (bicyclic) bond motifs is 2. The van der Waals surface area contributed by atoms with Crippen LogP contribution >= 0.6 is 0 Å². The fourth-order valence-corrected chi connectivity index (χ4v) is 6.68. The fraction of sp³-hybridized carbons (Fsp3) is 0.261. The number of benzene rings is 6. The van der Waals surface area contributed by atoms with Gasteiger partial charge in [0.05, 0.1) is 0 Å². The van der Waals surface area contributed by atoms with Crippen LogP contribution < -0.4 is 18.9 Å². The number of likely N-dealkylation sites (N-methyl/N-ethyl adjacent to an activating group) is 2. The number of hydrogen-bond donors (Lipinski definition) is 0. The Morgan fingerprint density at radius 1 is 0.463 bits per heavy atom. The molecular weight excluding hydrogens is 677 g/mol. The summed E-state index contributed by atoms with van der Waals surface area (Å²) in [5.41, 5.74) is 3.32. The molecule has 0 spiro atoms. The number of ether oxygens (including phenoxy) is 4. The molecule has 278 valence electrons. The summed E-state index contributed by atoms with van der Waals surface area (Å²) in [4.78, 5) is 30.5. The third kappa shape index (κ3) is 8.60. The molecule has 6 aromatic carbocycles. The highest BCUT2D eigenvalue weighted by Gasteiger charge is 2.28. The zero-order valence-corrected chi connectivity index (χ0v) is 31.5. The largest absolute Gasteiger partial charge is 0.485 e. The van der Waals surface area contributed by atoms with E-state index in [1.807, 2.05) is 149 Å². The lowest BCUT2D eigenvalue weighted by molar-refractivity contribution is -0.133. The summed E-state index contributed by atoms with van der Waals surface area (Å²) in [5.74, 6) is 1.47. The van der Waals surface area contributed by atoms with Gasteiger partial charge in [-0.15, -0.1) is 0 Å². The second kappa shape index (κ2) is 18.1. The number of carbonyl (C=O) groups is 2. The summed E-state index contributed by atoms with van der Waals surface area (Å²) >= 11 is 0. The molecule has 6 rings (SSSR count). The van der Waals surface area contributed by atoms with Crippen molar-refractivity contribution in [3.05, 3.63) is 132 Å². The van der Waals surface area contributed by atoms with Crippen LogP contribution in [0.2, 0.25) is 0 Å². The van der Waals surface area contributed by atoms with E-state index in [0.29, 0.717) is 60.3 Å². The van der Waals surface area contributed by atoms with Crippen LogP contribution in [0, 0.1) is 0 Å². The monoisotopic (exact) mass is 724 g/mol. The van der Waals surface area contributed by atoms with Crippen LogP contribution in [-0.2, 0) is 22.8 Å². The lowest BCUT2D eigenvalue weighted by atomic mass is 9.91. The third-order valence-corrected chi connectivity index (χ3v) is 9.57. The van der Waals surface area contributed by atoms with E-state index in [-0.39, 0.29) is 38.2 Å². The number of hydrogen-bond acceptors (Lipinski definition) is 6. The predicted molar refractivity (Wildman–Crippen MR) is 215 cm³/mol. The molecule has 0 fully saturated rings. The lowest BCUT2D eigenvalue weighted by Gasteiger charge is -2.25. The topological polar surface area (TPSA) is 77.5 Å². The molecule has 0 aromatic heterocycles. The van der Waals surface area contributed by atoms with Crippen LogP contribution in [0.3, 0.4) is 0 Å². The quantitative estimate of drug-likeness (QED) is 0.0934. The summed E-state index contributed by atoms with van der Waals surface area (Å²) in [6, 6.07) is 39.8. The number of carbonyl (C=O) groups excluding carboxylic acids is 2. The van der Waals surface area contributed by atoms with Gasteiger partial charge in [0.2, 0.25) is 0 Å².